The van der Waals surface area contributed by atoms with Crippen molar-refractivity contribution in [3.05, 3.63) is 199 Å². The van der Waals surface area contributed by atoms with Crippen molar-refractivity contribution in [1.29, 1.82) is 0 Å². The van der Waals surface area contributed by atoms with Gasteiger partial charge in [-0.1, -0.05) is 147 Å². The van der Waals surface area contributed by atoms with Gasteiger partial charge in [0.1, 0.15) is 0 Å². The summed E-state index contributed by atoms with van der Waals surface area (Å²) in [4.78, 5) is 2.40. The molecule has 1 nitrogen and oxygen atoms in total. The van der Waals surface area contributed by atoms with Gasteiger partial charge in [0.05, 0.1) is 0 Å². The molecule has 1 aliphatic rings. The van der Waals surface area contributed by atoms with Gasteiger partial charge in [0.25, 0.3) is 0 Å². The van der Waals surface area contributed by atoms with Crippen molar-refractivity contribution in [3.8, 4) is 33.4 Å². The zero-order valence-corrected chi connectivity index (χ0v) is 31.6. The second kappa shape index (κ2) is 12.3. The van der Waals surface area contributed by atoms with Crippen LogP contribution in [0.3, 0.4) is 0 Å². The number of hydrogen-bond acceptors (Lipinski definition) is 2. The number of nitrogens with zero attached hydrogens (tertiary/aromatic N) is 1. The maximum atomic E-state index is 2.41. The van der Waals surface area contributed by atoms with E-state index in [1.807, 2.05) is 11.3 Å². The molecule has 0 radical (unpaired) electrons. The number of thiophene rings is 1. The summed E-state index contributed by atoms with van der Waals surface area (Å²) in [5.41, 5.74) is 13.9. The number of rotatable bonds is 5. The third kappa shape index (κ3) is 5.06. The van der Waals surface area contributed by atoms with Crippen LogP contribution in [0.2, 0.25) is 0 Å². The van der Waals surface area contributed by atoms with Gasteiger partial charge < -0.3 is 4.90 Å². The Hall–Kier alpha value is -6.48. The fourth-order valence-corrected chi connectivity index (χ4v) is 10.3. The van der Waals surface area contributed by atoms with E-state index in [1.165, 1.54) is 86.2 Å². The number of fused-ring (bicyclic) bond motifs is 9. The van der Waals surface area contributed by atoms with Crippen molar-refractivity contribution in [2.24, 2.45) is 0 Å². The highest BCUT2D eigenvalue weighted by Gasteiger charge is 2.38. The van der Waals surface area contributed by atoms with E-state index in [0.29, 0.717) is 0 Å². The van der Waals surface area contributed by atoms with Gasteiger partial charge in [0, 0.05) is 42.6 Å². The first kappa shape index (κ1) is 32.0. The second-order valence-electron chi connectivity index (χ2n) is 15.3. The van der Waals surface area contributed by atoms with E-state index in [9.17, 15) is 0 Å². The van der Waals surface area contributed by atoms with Gasteiger partial charge in [-0.05, 0) is 121 Å². The van der Waals surface area contributed by atoms with Crippen molar-refractivity contribution in [2.45, 2.75) is 19.3 Å². The van der Waals surface area contributed by atoms with Crippen LogP contribution in [-0.4, -0.2) is 0 Å². The summed E-state index contributed by atoms with van der Waals surface area (Å²) in [6, 6.07) is 69.5. The molecule has 0 amide bonds. The van der Waals surface area contributed by atoms with E-state index in [1.54, 1.807) is 0 Å². The first-order chi connectivity index (χ1) is 27.0. The third-order valence-corrected chi connectivity index (χ3v) is 12.9. The van der Waals surface area contributed by atoms with Gasteiger partial charge in [0.15, 0.2) is 0 Å². The van der Waals surface area contributed by atoms with Crippen molar-refractivity contribution in [1.82, 2.24) is 0 Å². The molecular weight excluding hydrogens is 683 g/mol. The van der Waals surface area contributed by atoms with Crippen molar-refractivity contribution in [3.63, 3.8) is 0 Å². The summed E-state index contributed by atoms with van der Waals surface area (Å²) in [7, 11) is 0. The molecule has 10 aromatic rings. The van der Waals surface area contributed by atoms with E-state index in [4.69, 9.17) is 0 Å². The maximum absolute atomic E-state index is 2.41. The Morgan fingerprint density at radius 1 is 0.400 bits per heavy atom. The molecule has 0 aliphatic heterocycles. The summed E-state index contributed by atoms with van der Waals surface area (Å²) in [6.07, 6.45) is 0. The second-order valence-corrected chi connectivity index (χ2v) is 16.4. The highest BCUT2D eigenvalue weighted by Crippen LogP contribution is 2.55. The van der Waals surface area contributed by atoms with Crippen molar-refractivity contribution in [2.75, 3.05) is 4.90 Å². The third-order valence-electron chi connectivity index (χ3n) is 11.8. The molecule has 1 heterocycles. The Morgan fingerprint density at radius 3 is 1.89 bits per heavy atom. The lowest BCUT2D eigenvalue weighted by Gasteiger charge is -2.26. The molecule has 9 aromatic carbocycles. The van der Waals surface area contributed by atoms with Gasteiger partial charge in [-0.15, -0.1) is 11.3 Å². The molecule has 0 fully saturated rings. The first-order valence-corrected chi connectivity index (χ1v) is 19.9. The molecule has 1 aromatic heterocycles. The van der Waals surface area contributed by atoms with Gasteiger partial charge in [-0.2, -0.15) is 0 Å². The SMILES string of the molecule is CC1(C)c2ccccc2-c2c(-c3ccc4cc(N(c5ccc(-c6ccccc6)cc5)c5ccc6c(c5)sc5ccccc56)ccc4c3)cc3ccccc3c21. The van der Waals surface area contributed by atoms with Crippen LogP contribution in [0, 0.1) is 0 Å². The Kier molecular flexibility index (Phi) is 7.14. The number of benzene rings is 9. The average molecular weight is 720 g/mol. The van der Waals surface area contributed by atoms with Gasteiger partial charge >= 0.3 is 0 Å². The monoisotopic (exact) mass is 719 g/mol. The standard InChI is InChI=1S/C53H37NS/c1-53(2)48-18-10-8-17-46(48)51-47(32-38-14-6-7-15-43(38)52(51)53)39-21-20-37-31-41(27-24-36(37)30-39)54(40-25-22-35(23-26-40)34-12-4-3-5-13-34)42-28-29-45-44-16-9-11-19-49(44)55-50(45)33-42/h3-33H,1-2H3. The van der Waals surface area contributed by atoms with Gasteiger partial charge in [-0.25, -0.2) is 0 Å². The summed E-state index contributed by atoms with van der Waals surface area (Å²) in [5, 5.41) is 7.70. The molecule has 0 saturated heterocycles. The van der Waals surface area contributed by atoms with Crippen LogP contribution < -0.4 is 4.90 Å². The predicted octanol–water partition coefficient (Wildman–Crippen LogP) is 15.5. The quantitative estimate of drug-likeness (QED) is 0.171. The number of hydrogen-bond donors (Lipinski definition) is 0. The van der Waals surface area contributed by atoms with Gasteiger partial charge in [0.2, 0.25) is 0 Å². The van der Waals surface area contributed by atoms with Crippen LogP contribution in [0.15, 0.2) is 188 Å². The summed E-state index contributed by atoms with van der Waals surface area (Å²) < 4.78 is 2.61. The van der Waals surface area contributed by atoms with E-state index in [2.05, 4.69) is 207 Å². The van der Waals surface area contributed by atoms with E-state index >= 15 is 0 Å². The van der Waals surface area contributed by atoms with Crippen LogP contribution in [0.4, 0.5) is 17.1 Å². The minimum atomic E-state index is -0.0884. The largest absolute Gasteiger partial charge is 0.310 e. The molecule has 0 atom stereocenters. The topological polar surface area (TPSA) is 3.24 Å². The fraction of sp³-hybridized carbons (Fsp3) is 0.0566. The Balaban J connectivity index is 1.05. The minimum absolute atomic E-state index is 0.0884. The summed E-state index contributed by atoms with van der Waals surface area (Å²) >= 11 is 1.86. The average Bonchev–Trinajstić information content (AvgIpc) is 3.73. The Bertz CT molecular complexity index is 3110. The molecule has 55 heavy (non-hydrogen) atoms. The van der Waals surface area contributed by atoms with Crippen LogP contribution in [0.25, 0.3) is 75.1 Å². The minimum Gasteiger partial charge on any atom is -0.310 e. The maximum Gasteiger partial charge on any atom is 0.0476 e. The van der Waals surface area contributed by atoms with Crippen LogP contribution in [0.5, 0.6) is 0 Å². The van der Waals surface area contributed by atoms with Crippen molar-refractivity contribution >= 4 is 70.1 Å². The molecule has 1 aliphatic carbocycles. The van der Waals surface area contributed by atoms with E-state index < -0.39 is 0 Å². The smallest absolute Gasteiger partial charge is 0.0476 e. The fourth-order valence-electron chi connectivity index (χ4n) is 9.16. The molecule has 0 spiro atoms. The summed E-state index contributed by atoms with van der Waals surface area (Å²) in [5.74, 6) is 0. The lowest BCUT2D eigenvalue weighted by atomic mass is 9.79. The van der Waals surface area contributed by atoms with Crippen LogP contribution in [0.1, 0.15) is 25.0 Å². The molecule has 2 heteroatoms. The lowest BCUT2D eigenvalue weighted by molar-refractivity contribution is 0.666. The Labute approximate surface area is 325 Å². The first-order valence-electron chi connectivity index (χ1n) is 19.1. The molecule has 0 saturated carbocycles. The molecule has 260 valence electrons. The molecule has 0 unspecified atom stereocenters. The summed E-state index contributed by atoms with van der Waals surface area (Å²) in [6.45, 7) is 4.77. The Morgan fingerprint density at radius 2 is 1.02 bits per heavy atom. The van der Waals surface area contributed by atoms with Crippen LogP contribution >= 0.6 is 11.3 Å². The van der Waals surface area contributed by atoms with E-state index in [-0.39, 0.29) is 5.41 Å². The normalized spacial score (nSPS) is 13.1. The zero-order valence-electron chi connectivity index (χ0n) is 30.8. The lowest BCUT2D eigenvalue weighted by Crippen LogP contribution is -2.15. The molecule has 0 bridgehead atoms. The molecule has 0 N–H and O–H groups in total. The van der Waals surface area contributed by atoms with E-state index in [0.717, 1.165) is 17.1 Å². The predicted molar refractivity (Wildman–Crippen MR) is 237 cm³/mol. The highest BCUT2D eigenvalue weighted by molar-refractivity contribution is 7.25. The highest BCUT2D eigenvalue weighted by atomic mass is 32.1. The zero-order chi connectivity index (χ0) is 36.7. The van der Waals surface area contributed by atoms with Crippen LogP contribution in [-0.2, 0) is 5.41 Å². The molecule has 11 rings (SSSR count). The van der Waals surface area contributed by atoms with Gasteiger partial charge in [-0.3, -0.25) is 0 Å². The molecular formula is C53H37NS. The van der Waals surface area contributed by atoms with Crippen molar-refractivity contribution < 1.29 is 0 Å². The number of anilines is 3.